The Morgan fingerprint density at radius 1 is 1.00 bits per heavy atom. The fourth-order valence-electron chi connectivity index (χ4n) is 1.75. The summed E-state index contributed by atoms with van der Waals surface area (Å²) in [4.78, 5) is 9.99. The lowest BCUT2D eigenvalue weighted by molar-refractivity contribution is -0.384. The molecule has 0 saturated heterocycles. The van der Waals surface area contributed by atoms with Gasteiger partial charge in [-0.25, -0.2) is 0 Å². The Morgan fingerprint density at radius 3 is 2.19 bits per heavy atom. The van der Waals surface area contributed by atoms with Crippen molar-refractivity contribution in [3.63, 3.8) is 0 Å². The molecule has 0 atom stereocenters. The third-order valence-electron chi connectivity index (χ3n) is 2.75. The van der Waals surface area contributed by atoms with E-state index < -0.39 is 16.7 Å². The van der Waals surface area contributed by atoms with E-state index >= 15 is 0 Å². The highest BCUT2D eigenvalue weighted by Crippen LogP contribution is 2.37. The second-order valence-electron chi connectivity index (χ2n) is 4.12. The second-order valence-corrected chi connectivity index (χ2v) is 4.93. The van der Waals surface area contributed by atoms with Crippen molar-refractivity contribution >= 4 is 28.9 Å². The third kappa shape index (κ3) is 3.28. The van der Waals surface area contributed by atoms with Gasteiger partial charge >= 0.3 is 6.18 Å². The Balaban J connectivity index is 2.56. The van der Waals surface area contributed by atoms with Crippen LogP contribution < -0.4 is 0 Å². The number of alkyl halides is 3. The van der Waals surface area contributed by atoms with Gasteiger partial charge in [-0.1, -0.05) is 23.2 Å². The molecule has 2 rings (SSSR count). The van der Waals surface area contributed by atoms with E-state index in [2.05, 4.69) is 0 Å². The molecule has 0 aromatic heterocycles. The maximum atomic E-state index is 12.7. The molecular formula is C13H6Cl2F3NO2. The maximum absolute atomic E-state index is 12.7. The van der Waals surface area contributed by atoms with E-state index in [4.69, 9.17) is 23.2 Å². The van der Waals surface area contributed by atoms with Gasteiger partial charge in [0.15, 0.2) is 0 Å². The van der Waals surface area contributed by atoms with Gasteiger partial charge in [0.05, 0.1) is 10.5 Å². The summed E-state index contributed by atoms with van der Waals surface area (Å²) in [5, 5.41) is 10.6. The van der Waals surface area contributed by atoms with Crippen LogP contribution in [0.2, 0.25) is 10.0 Å². The van der Waals surface area contributed by atoms with Gasteiger partial charge in [0.2, 0.25) is 0 Å². The Kier molecular flexibility index (Phi) is 4.11. The normalized spacial score (nSPS) is 11.5. The average molecular weight is 336 g/mol. The molecule has 110 valence electrons. The van der Waals surface area contributed by atoms with E-state index in [1.165, 1.54) is 12.1 Å². The lowest BCUT2D eigenvalue weighted by Gasteiger charge is -2.11. The van der Waals surface area contributed by atoms with Crippen LogP contribution >= 0.6 is 23.2 Å². The molecular weight excluding hydrogens is 330 g/mol. The summed E-state index contributed by atoms with van der Waals surface area (Å²) in [6.07, 6.45) is -4.51. The predicted molar refractivity (Wildman–Crippen MR) is 73.6 cm³/mol. The van der Waals surface area contributed by atoms with Gasteiger partial charge in [0, 0.05) is 16.7 Å². The van der Waals surface area contributed by atoms with E-state index in [-0.39, 0.29) is 26.9 Å². The summed E-state index contributed by atoms with van der Waals surface area (Å²) in [5.41, 5.74) is -0.829. The van der Waals surface area contributed by atoms with Crippen molar-refractivity contribution in [3.05, 3.63) is 62.1 Å². The first-order chi connectivity index (χ1) is 9.70. The molecule has 0 aliphatic heterocycles. The number of halogens is 5. The molecule has 0 aliphatic carbocycles. The van der Waals surface area contributed by atoms with Crippen LogP contribution in [-0.2, 0) is 6.18 Å². The minimum Gasteiger partial charge on any atom is -0.258 e. The van der Waals surface area contributed by atoms with Crippen LogP contribution in [0, 0.1) is 10.1 Å². The lowest BCUT2D eigenvalue weighted by Crippen LogP contribution is -2.04. The summed E-state index contributed by atoms with van der Waals surface area (Å²) in [7, 11) is 0. The minimum absolute atomic E-state index is 0.0907. The van der Waals surface area contributed by atoms with Gasteiger partial charge in [0.1, 0.15) is 5.02 Å². The number of hydrogen-bond donors (Lipinski definition) is 0. The highest BCUT2D eigenvalue weighted by molar-refractivity contribution is 6.34. The van der Waals surface area contributed by atoms with Crippen LogP contribution in [-0.4, -0.2) is 4.92 Å². The second kappa shape index (κ2) is 5.54. The molecule has 0 heterocycles. The maximum Gasteiger partial charge on any atom is 0.416 e. The zero-order valence-electron chi connectivity index (χ0n) is 10.1. The van der Waals surface area contributed by atoms with Crippen molar-refractivity contribution < 1.29 is 18.1 Å². The molecule has 2 aromatic rings. The molecule has 0 saturated carbocycles. The van der Waals surface area contributed by atoms with E-state index in [0.29, 0.717) is 0 Å². The van der Waals surface area contributed by atoms with E-state index in [9.17, 15) is 23.3 Å². The number of rotatable bonds is 2. The van der Waals surface area contributed by atoms with Gasteiger partial charge in [0.25, 0.3) is 5.69 Å². The minimum atomic E-state index is -4.51. The van der Waals surface area contributed by atoms with Crippen molar-refractivity contribution in [3.8, 4) is 11.1 Å². The first-order valence-electron chi connectivity index (χ1n) is 5.51. The van der Waals surface area contributed by atoms with Gasteiger partial charge in [-0.3, -0.25) is 10.1 Å². The summed E-state index contributed by atoms with van der Waals surface area (Å²) in [6, 6.07) is 6.48. The molecule has 3 nitrogen and oxygen atoms in total. The number of hydrogen-bond acceptors (Lipinski definition) is 2. The first kappa shape index (κ1) is 15.6. The van der Waals surface area contributed by atoms with Crippen molar-refractivity contribution in [1.82, 2.24) is 0 Å². The van der Waals surface area contributed by atoms with Gasteiger partial charge in [-0.2, -0.15) is 13.2 Å². The van der Waals surface area contributed by atoms with Crippen molar-refractivity contribution in [2.45, 2.75) is 6.18 Å². The molecule has 8 heteroatoms. The van der Waals surface area contributed by atoms with Crippen LogP contribution in [0.25, 0.3) is 11.1 Å². The summed E-state index contributed by atoms with van der Waals surface area (Å²) < 4.78 is 38.1. The molecule has 0 aliphatic rings. The monoisotopic (exact) mass is 335 g/mol. The predicted octanol–water partition coefficient (Wildman–Crippen LogP) is 5.59. The standard InChI is InChI=1S/C13H6Cl2F3NO2/c14-10-3-2-8(13(16,17)18)6-9(10)7-1-4-12(19(20)21)11(15)5-7/h1-6H. The average Bonchev–Trinajstić information content (AvgIpc) is 2.37. The molecule has 0 fully saturated rings. The Morgan fingerprint density at radius 2 is 1.67 bits per heavy atom. The number of nitro groups is 1. The van der Waals surface area contributed by atoms with Gasteiger partial charge in [-0.15, -0.1) is 0 Å². The van der Waals surface area contributed by atoms with Crippen LogP contribution in [0.1, 0.15) is 5.56 Å². The molecule has 0 N–H and O–H groups in total. The highest BCUT2D eigenvalue weighted by atomic mass is 35.5. The van der Waals surface area contributed by atoms with Crippen LogP contribution in [0.3, 0.4) is 0 Å². The molecule has 0 amide bonds. The Bertz CT molecular complexity index is 717. The molecule has 0 spiro atoms. The fourth-order valence-corrected chi connectivity index (χ4v) is 2.22. The zero-order valence-corrected chi connectivity index (χ0v) is 11.6. The smallest absolute Gasteiger partial charge is 0.258 e. The van der Waals surface area contributed by atoms with Crippen LogP contribution in [0.15, 0.2) is 36.4 Å². The van der Waals surface area contributed by atoms with Crippen LogP contribution in [0.4, 0.5) is 18.9 Å². The zero-order chi connectivity index (χ0) is 15.8. The Hall–Kier alpha value is -1.79. The largest absolute Gasteiger partial charge is 0.416 e. The molecule has 0 radical (unpaired) electrons. The Labute approximate surface area is 127 Å². The summed E-state index contributed by atoms with van der Waals surface area (Å²) in [5.74, 6) is 0. The molecule has 0 unspecified atom stereocenters. The van der Waals surface area contributed by atoms with Crippen LogP contribution in [0.5, 0.6) is 0 Å². The van der Waals surface area contributed by atoms with Crippen molar-refractivity contribution in [2.75, 3.05) is 0 Å². The highest BCUT2D eigenvalue weighted by Gasteiger charge is 2.31. The third-order valence-corrected chi connectivity index (χ3v) is 3.38. The first-order valence-corrected chi connectivity index (χ1v) is 6.27. The lowest BCUT2D eigenvalue weighted by atomic mass is 10.0. The van der Waals surface area contributed by atoms with E-state index in [0.717, 1.165) is 24.3 Å². The number of benzene rings is 2. The summed E-state index contributed by atoms with van der Waals surface area (Å²) in [6.45, 7) is 0. The van der Waals surface area contributed by atoms with Gasteiger partial charge < -0.3 is 0 Å². The quantitative estimate of drug-likeness (QED) is 0.530. The molecule has 21 heavy (non-hydrogen) atoms. The molecule has 0 bridgehead atoms. The topological polar surface area (TPSA) is 43.1 Å². The van der Waals surface area contributed by atoms with Crippen molar-refractivity contribution in [2.24, 2.45) is 0 Å². The van der Waals surface area contributed by atoms with Crippen molar-refractivity contribution in [1.29, 1.82) is 0 Å². The van der Waals surface area contributed by atoms with E-state index in [1.54, 1.807) is 0 Å². The SMILES string of the molecule is O=[N+]([O-])c1ccc(-c2cc(C(F)(F)F)ccc2Cl)cc1Cl. The van der Waals surface area contributed by atoms with E-state index in [1.807, 2.05) is 0 Å². The van der Waals surface area contributed by atoms with Gasteiger partial charge in [-0.05, 0) is 35.9 Å². The number of nitro benzene ring substituents is 1. The molecule has 2 aromatic carbocycles. The fraction of sp³-hybridized carbons (Fsp3) is 0.0769. The number of nitrogens with zero attached hydrogens (tertiary/aromatic N) is 1. The summed E-state index contributed by atoms with van der Waals surface area (Å²) >= 11 is 11.6.